The molecule has 2 aromatic carbocycles. The smallest absolute Gasteiger partial charge is 0.410 e. The standard InChI is InChI=1S/C23H18F3N5O2/c24-16-6-4-5-15(11-16)18-12-23(25,26)14-30(18)20-10-9-19-27-13-21(31(19)29-20)28-22(32)33-17-7-2-1-3-8-17/h1-11,13,18H,12,14H2,(H,28,32). The van der Waals surface area contributed by atoms with Crippen LogP contribution in [0.15, 0.2) is 72.9 Å². The summed E-state index contributed by atoms with van der Waals surface area (Å²) < 4.78 is 49.0. The molecular formula is C23H18F3N5O2. The lowest BCUT2D eigenvalue weighted by atomic mass is 10.0. The van der Waals surface area contributed by atoms with Gasteiger partial charge in [0.1, 0.15) is 17.4 Å². The molecule has 3 heterocycles. The lowest BCUT2D eigenvalue weighted by molar-refractivity contribution is 0.0222. The maximum atomic E-state index is 14.4. The van der Waals surface area contributed by atoms with Gasteiger partial charge in [-0.1, -0.05) is 30.3 Å². The molecule has 1 unspecified atom stereocenters. The molecule has 0 spiro atoms. The highest BCUT2D eigenvalue weighted by molar-refractivity contribution is 5.85. The number of benzene rings is 2. The van der Waals surface area contributed by atoms with Crippen LogP contribution in [-0.4, -0.2) is 33.2 Å². The van der Waals surface area contributed by atoms with Gasteiger partial charge < -0.3 is 9.64 Å². The molecule has 4 aromatic rings. The SMILES string of the molecule is O=C(Nc1cnc2ccc(N3CC(F)(F)CC3c3cccc(F)c3)nn12)Oc1ccccc1. The highest BCUT2D eigenvalue weighted by Gasteiger charge is 2.46. The molecule has 1 aliphatic heterocycles. The average molecular weight is 453 g/mol. The van der Waals surface area contributed by atoms with Gasteiger partial charge in [-0.2, -0.15) is 4.52 Å². The predicted octanol–water partition coefficient (Wildman–Crippen LogP) is 5.07. The molecule has 1 aliphatic rings. The van der Waals surface area contributed by atoms with Crippen molar-refractivity contribution < 1.29 is 22.7 Å². The molecule has 1 amide bonds. The molecule has 0 radical (unpaired) electrons. The first-order valence-electron chi connectivity index (χ1n) is 10.2. The second-order valence-electron chi connectivity index (χ2n) is 7.69. The summed E-state index contributed by atoms with van der Waals surface area (Å²) >= 11 is 0. The van der Waals surface area contributed by atoms with Crippen LogP contribution < -0.4 is 15.0 Å². The van der Waals surface area contributed by atoms with E-state index in [-0.39, 0.29) is 11.6 Å². The molecule has 1 saturated heterocycles. The quantitative estimate of drug-likeness (QED) is 0.467. The fourth-order valence-corrected chi connectivity index (χ4v) is 3.90. The van der Waals surface area contributed by atoms with E-state index in [1.807, 2.05) is 0 Å². The molecule has 0 saturated carbocycles. The van der Waals surface area contributed by atoms with Crippen molar-refractivity contribution in [1.29, 1.82) is 0 Å². The van der Waals surface area contributed by atoms with Crippen molar-refractivity contribution in [3.63, 3.8) is 0 Å². The molecule has 1 fully saturated rings. The number of carbonyl (C=O) groups excluding carboxylic acids is 1. The molecule has 168 valence electrons. The van der Waals surface area contributed by atoms with Crippen molar-refractivity contribution in [1.82, 2.24) is 14.6 Å². The predicted molar refractivity (Wildman–Crippen MR) is 115 cm³/mol. The second-order valence-corrected chi connectivity index (χ2v) is 7.69. The highest BCUT2D eigenvalue weighted by Crippen LogP contribution is 2.43. The van der Waals surface area contributed by atoms with Crippen molar-refractivity contribution >= 4 is 23.4 Å². The first-order chi connectivity index (χ1) is 15.9. The molecule has 0 aliphatic carbocycles. The summed E-state index contributed by atoms with van der Waals surface area (Å²) in [6.45, 7) is -0.569. The molecule has 33 heavy (non-hydrogen) atoms. The number of nitrogens with zero attached hydrogens (tertiary/aromatic N) is 4. The Hall–Kier alpha value is -4.08. The highest BCUT2D eigenvalue weighted by atomic mass is 19.3. The third-order valence-electron chi connectivity index (χ3n) is 5.33. The van der Waals surface area contributed by atoms with Crippen LogP contribution in [0.5, 0.6) is 5.75 Å². The van der Waals surface area contributed by atoms with Crippen LogP contribution in [0.4, 0.5) is 29.6 Å². The van der Waals surface area contributed by atoms with Crippen LogP contribution >= 0.6 is 0 Å². The maximum absolute atomic E-state index is 14.4. The van der Waals surface area contributed by atoms with Gasteiger partial charge in [0, 0.05) is 6.42 Å². The Morgan fingerprint density at radius 2 is 1.91 bits per heavy atom. The van der Waals surface area contributed by atoms with Crippen molar-refractivity contribution in [2.75, 3.05) is 16.8 Å². The largest absolute Gasteiger partial charge is 0.418 e. The van der Waals surface area contributed by atoms with E-state index >= 15 is 0 Å². The van der Waals surface area contributed by atoms with E-state index in [1.54, 1.807) is 48.5 Å². The van der Waals surface area contributed by atoms with Gasteiger partial charge in [-0.15, -0.1) is 5.10 Å². The van der Waals surface area contributed by atoms with E-state index in [2.05, 4.69) is 15.4 Å². The maximum Gasteiger partial charge on any atom is 0.418 e. The summed E-state index contributed by atoms with van der Waals surface area (Å²) in [7, 11) is 0. The van der Waals surface area contributed by atoms with Crippen LogP contribution in [0.1, 0.15) is 18.0 Å². The number of alkyl halides is 2. The average Bonchev–Trinajstić information content (AvgIpc) is 3.34. The minimum Gasteiger partial charge on any atom is -0.410 e. The normalized spacial score (nSPS) is 17.3. The summed E-state index contributed by atoms with van der Waals surface area (Å²) in [6.07, 6.45) is 0.177. The van der Waals surface area contributed by atoms with Crippen LogP contribution in [0.3, 0.4) is 0 Å². The number of nitrogens with one attached hydrogen (secondary N) is 1. The topological polar surface area (TPSA) is 71.8 Å². The lowest BCUT2D eigenvalue weighted by Gasteiger charge is -2.25. The third kappa shape index (κ3) is 4.32. The number of para-hydroxylation sites is 1. The summed E-state index contributed by atoms with van der Waals surface area (Å²) in [5, 5.41) is 6.98. The molecule has 0 bridgehead atoms. The Morgan fingerprint density at radius 1 is 1.09 bits per heavy atom. The van der Waals surface area contributed by atoms with E-state index < -0.39 is 36.8 Å². The summed E-state index contributed by atoms with van der Waals surface area (Å²) in [5.74, 6) is -2.66. The first kappa shape index (κ1) is 20.8. The Kier molecular flexibility index (Phi) is 5.12. The number of carbonyl (C=O) groups is 1. The van der Waals surface area contributed by atoms with Crippen LogP contribution in [0.2, 0.25) is 0 Å². The minimum absolute atomic E-state index is 0.209. The molecule has 2 aromatic heterocycles. The monoisotopic (exact) mass is 453 g/mol. The Bertz CT molecular complexity index is 1310. The molecule has 1 atom stereocenters. The van der Waals surface area contributed by atoms with Gasteiger partial charge in [-0.3, -0.25) is 5.32 Å². The van der Waals surface area contributed by atoms with Crippen molar-refractivity contribution in [2.24, 2.45) is 0 Å². The van der Waals surface area contributed by atoms with Gasteiger partial charge in [0.15, 0.2) is 11.5 Å². The number of rotatable bonds is 4. The van der Waals surface area contributed by atoms with Gasteiger partial charge in [-0.05, 0) is 42.0 Å². The summed E-state index contributed by atoms with van der Waals surface area (Å²) in [6, 6.07) is 16.5. The lowest BCUT2D eigenvalue weighted by Crippen LogP contribution is -2.28. The zero-order chi connectivity index (χ0) is 23.0. The van der Waals surface area contributed by atoms with E-state index in [0.717, 1.165) is 0 Å². The van der Waals surface area contributed by atoms with Gasteiger partial charge >= 0.3 is 6.09 Å². The van der Waals surface area contributed by atoms with E-state index in [1.165, 1.54) is 33.8 Å². The minimum atomic E-state index is -2.97. The summed E-state index contributed by atoms with van der Waals surface area (Å²) in [4.78, 5) is 17.9. The van der Waals surface area contributed by atoms with Crippen LogP contribution in [-0.2, 0) is 0 Å². The molecule has 5 rings (SSSR count). The van der Waals surface area contributed by atoms with E-state index in [9.17, 15) is 18.0 Å². The van der Waals surface area contributed by atoms with Gasteiger partial charge in [0.2, 0.25) is 0 Å². The molecular weight excluding hydrogens is 435 g/mol. The number of ether oxygens (including phenoxy) is 1. The van der Waals surface area contributed by atoms with Gasteiger partial charge in [0.25, 0.3) is 5.92 Å². The molecule has 1 N–H and O–H groups in total. The summed E-state index contributed by atoms with van der Waals surface area (Å²) in [5.41, 5.74) is 0.839. The van der Waals surface area contributed by atoms with Crippen molar-refractivity contribution in [3.8, 4) is 5.75 Å². The number of halogens is 3. The van der Waals surface area contributed by atoms with E-state index in [0.29, 0.717) is 17.0 Å². The van der Waals surface area contributed by atoms with Crippen LogP contribution in [0.25, 0.3) is 5.65 Å². The number of hydrogen-bond acceptors (Lipinski definition) is 5. The van der Waals surface area contributed by atoms with Gasteiger partial charge in [-0.25, -0.2) is 22.9 Å². The first-order valence-corrected chi connectivity index (χ1v) is 10.2. The fraction of sp³-hybridized carbons (Fsp3) is 0.174. The number of imidazole rings is 1. The molecule has 10 heteroatoms. The Balaban J connectivity index is 1.44. The van der Waals surface area contributed by atoms with E-state index in [4.69, 9.17) is 4.74 Å². The molecule has 7 nitrogen and oxygen atoms in total. The Morgan fingerprint density at radius 3 is 2.70 bits per heavy atom. The van der Waals surface area contributed by atoms with Crippen molar-refractivity contribution in [3.05, 3.63) is 84.3 Å². The number of amides is 1. The fourth-order valence-electron chi connectivity index (χ4n) is 3.90. The number of anilines is 2. The van der Waals surface area contributed by atoms with Crippen LogP contribution in [0, 0.1) is 5.82 Å². The van der Waals surface area contributed by atoms with Gasteiger partial charge in [0.05, 0.1) is 18.8 Å². The number of fused-ring (bicyclic) bond motifs is 1. The number of hydrogen-bond donors (Lipinski definition) is 1. The zero-order valence-corrected chi connectivity index (χ0v) is 17.2. The second kappa shape index (κ2) is 8.12. The Labute approximate surface area is 186 Å². The zero-order valence-electron chi connectivity index (χ0n) is 17.2. The van der Waals surface area contributed by atoms with Crippen molar-refractivity contribution in [2.45, 2.75) is 18.4 Å². The third-order valence-corrected chi connectivity index (χ3v) is 5.33. The number of aromatic nitrogens is 3.